The predicted molar refractivity (Wildman–Crippen MR) is 150 cm³/mol. The number of aromatic amines is 1. The first kappa shape index (κ1) is 24.6. The molecule has 202 valence electrons. The fourth-order valence-corrected chi connectivity index (χ4v) is 5.76. The van der Waals surface area contributed by atoms with E-state index in [0.29, 0.717) is 53.9 Å². The highest BCUT2D eigenvalue weighted by Crippen LogP contribution is 2.33. The lowest BCUT2D eigenvalue weighted by molar-refractivity contribution is -0.126. The number of carbonyl (C=O) groups is 1. The maximum atomic E-state index is 14.2. The van der Waals surface area contributed by atoms with Crippen molar-refractivity contribution in [2.75, 3.05) is 13.2 Å². The second kappa shape index (κ2) is 9.63. The molecule has 1 saturated heterocycles. The lowest BCUT2D eigenvalue weighted by atomic mass is 9.92. The van der Waals surface area contributed by atoms with E-state index < -0.39 is 5.82 Å². The Balaban J connectivity index is 1.12. The maximum Gasteiger partial charge on any atom is 0.182 e. The molecule has 0 aliphatic carbocycles. The fraction of sp³-hybridized carbons (Fsp3) is 0.300. The number of nitrogens with one attached hydrogen (secondary N) is 2. The van der Waals surface area contributed by atoms with Gasteiger partial charge in [0, 0.05) is 5.39 Å². The summed E-state index contributed by atoms with van der Waals surface area (Å²) in [6, 6.07) is 8.50. The Morgan fingerprint density at radius 2 is 2.10 bits per heavy atom. The molecule has 0 bridgehead atoms. The number of carbonyl (C=O) groups excluding carboxylic acids is 1. The molecule has 1 aromatic heterocycles. The Morgan fingerprint density at radius 1 is 1.20 bits per heavy atom. The third kappa shape index (κ3) is 4.06. The molecule has 0 saturated carbocycles. The van der Waals surface area contributed by atoms with Crippen LogP contribution in [-0.4, -0.2) is 57.5 Å². The summed E-state index contributed by atoms with van der Waals surface area (Å²) in [6.45, 7) is 3.18. The van der Waals surface area contributed by atoms with Crippen molar-refractivity contribution < 1.29 is 19.0 Å². The Morgan fingerprint density at radius 3 is 2.88 bits per heavy atom. The summed E-state index contributed by atoms with van der Waals surface area (Å²) in [5, 5.41) is 21.4. The first-order chi connectivity index (χ1) is 19.5. The molecule has 5 heterocycles. The Labute approximate surface area is 229 Å². The lowest BCUT2D eigenvalue weighted by Gasteiger charge is -2.24. The van der Waals surface area contributed by atoms with Gasteiger partial charge in [0.2, 0.25) is 0 Å². The number of rotatable bonds is 6. The van der Waals surface area contributed by atoms with Gasteiger partial charge in [-0.15, -0.1) is 0 Å². The van der Waals surface area contributed by atoms with E-state index in [2.05, 4.69) is 25.5 Å². The van der Waals surface area contributed by atoms with Gasteiger partial charge in [0.1, 0.15) is 28.6 Å². The monoisotopic (exact) mass is 538 g/mol. The van der Waals surface area contributed by atoms with E-state index in [9.17, 15) is 14.3 Å². The average molecular weight is 539 g/mol. The molecule has 2 aromatic carbocycles. The predicted octanol–water partition coefficient (Wildman–Crippen LogP) is 4.38. The van der Waals surface area contributed by atoms with E-state index in [4.69, 9.17) is 9.73 Å². The van der Waals surface area contributed by atoms with E-state index in [1.54, 1.807) is 6.20 Å². The highest BCUT2D eigenvalue weighted by atomic mass is 19.1. The minimum atomic E-state index is -0.656. The van der Waals surface area contributed by atoms with Gasteiger partial charge in [-0.05, 0) is 79.3 Å². The van der Waals surface area contributed by atoms with Gasteiger partial charge in [-0.25, -0.2) is 19.4 Å². The van der Waals surface area contributed by atoms with E-state index >= 15 is 0 Å². The number of nitrogens with zero attached hydrogens (tertiary/aromatic N) is 4. The number of hydrogen-bond donors (Lipinski definition) is 3. The summed E-state index contributed by atoms with van der Waals surface area (Å²) in [5.74, 6) is 0.145. The largest absolute Gasteiger partial charge is 0.505 e. The molecule has 40 heavy (non-hydrogen) atoms. The van der Waals surface area contributed by atoms with Gasteiger partial charge in [0.05, 0.1) is 30.3 Å². The summed E-state index contributed by atoms with van der Waals surface area (Å²) in [6.07, 6.45) is 6.78. The highest BCUT2D eigenvalue weighted by molar-refractivity contribution is 6.57. The second-order valence-corrected chi connectivity index (χ2v) is 10.4. The number of H-pyrrole nitrogens is 1. The third-order valence-electron chi connectivity index (χ3n) is 7.93. The van der Waals surface area contributed by atoms with Crippen LogP contribution < -0.4 is 5.32 Å². The van der Waals surface area contributed by atoms with Crippen molar-refractivity contribution in [1.29, 1.82) is 0 Å². The molecule has 4 aliphatic rings. The van der Waals surface area contributed by atoms with Gasteiger partial charge in [0.25, 0.3) is 0 Å². The highest BCUT2D eigenvalue weighted by Gasteiger charge is 2.35. The Bertz CT molecular complexity index is 1720. The number of aryl methyl sites for hydroxylation is 1. The standard InChI is InChI=1S/C30H27FN6O3/c1-2-15-11-24(38)20(31)12-19(15)16-5-7-18-22(10-16)36-37-26(18)30-34-23-13-33-28(27(23)35-30)25-8-6-17(14-40-25)29(39)21-4-3-9-32-21/h5,7-8,10-13,17,21,32,38H,2-4,6,9,14H2,1H3,(H,36,37)/t17-,21-/m0/s1. The molecular formula is C30H27FN6O3. The minimum Gasteiger partial charge on any atom is -0.505 e. The summed E-state index contributed by atoms with van der Waals surface area (Å²) in [5.41, 5.74) is 5.63. The van der Waals surface area contributed by atoms with Crippen molar-refractivity contribution in [3.63, 3.8) is 0 Å². The van der Waals surface area contributed by atoms with Crippen LogP contribution in [0.1, 0.15) is 37.4 Å². The number of aromatic nitrogens is 2. The van der Waals surface area contributed by atoms with Gasteiger partial charge in [-0.2, -0.15) is 5.10 Å². The van der Waals surface area contributed by atoms with E-state index in [1.165, 1.54) is 12.1 Å². The molecule has 1 fully saturated rings. The first-order valence-electron chi connectivity index (χ1n) is 13.6. The fourth-order valence-electron chi connectivity index (χ4n) is 5.76. The smallest absolute Gasteiger partial charge is 0.182 e. The number of fused-ring (bicyclic) bond motifs is 2. The number of phenols is 1. The Hall–Kier alpha value is -4.44. The van der Waals surface area contributed by atoms with Crippen molar-refractivity contribution in [2.24, 2.45) is 20.9 Å². The third-order valence-corrected chi connectivity index (χ3v) is 7.93. The van der Waals surface area contributed by atoms with Crippen LogP contribution in [0.5, 0.6) is 5.75 Å². The van der Waals surface area contributed by atoms with Crippen LogP contribution in [-0.2, 0) is 16.0 Å². The molecule has 0 amide bonds. The number of halogens is 1. The number of ether oxygens (including phenoxy) is 1. The molecule has 3 aromatic rings. The molecule has 3 N–H and O–H groups in total. The second-order valence-electron chi connectivity index (χ2n) is 10.4. The van der Waals surface area contributed by atoms with Crippen LogP contribution in [0.15, 0.2) is 69.0 Å². The topological polar surface area (TPSA) is 124 Å². The minimum absolute atomic E-state index is 0.0634. The van der Waals surface area contributed by atoms with Crippen LogP contribution >= 0.6 is 0 Å². The molecule has 10 heteroatoms. The molecule has 9 nitrogen and oxygen atoms in total. The zero-order chi connectivity index (χ0) is 27.4. The van der Waals surface area contributed by atoms with Crippen molar-refractivity contribution in [3.8, 4) is 16.9 Å². The molecule has 0 radical (unpaired) electrons. The van der Waals surface area contributed by atoms with Crippen molar-refractivity contribution >= 4 is 33.9 Å². The average Bonchev–Trinajstić information content (AvgIpc) is 3.78. The number of Topliss-reactive ketones (excluding diaryl/α,β-unsaturated/α-hetero) is 1. The van der Waals surface area contributed by atoms with Crippen LogP contribution in [0.2, 0.25) is 0 Å². The van der Waals surface area contributed by atoms with Gasteiger partial charge in [0.15, 0.2) is 23.2 Å². The quantitative estimate of drug-likeness (QED) is 0.430. The number of benzene rings is 2. The van der Waals surface area contributed by atoms with Gasteiger partial charge in [-0.1, -0.05) is 13.0 Å². The molecule has 7 rings (SSSR count). The number of hydrogen-bond acceptors (Lipinski definition) is 8. The number of amidine groups is 1. The first-order valence-corrected chi connectivity index (χ1v) is 13.6. The summed E-state index contributed by atoms with van der Waals surface area (Å²) < 4.78 is 20.2. The zero-order valence-electron chi connectivity index (χ0n) is 21.9. The normalized spacial score (nSPS) is 21.9. The summed E-state index contributed by atoms with van der Waals surface area (Å²) >= 11 is 0. The number of aromatic hydroxyl groups is 1. The van der Waals surface area contributed by atoms with Gasteiger partial charge >= 0.3 is 0 Å². The van der Waals surface area contributed by atoms with Crippen LogP contribution in [0.25, 0.3) is 22.0 Å². The lowest BCUT2D eigenvalue weighted by Crippen LogP contribution is -2.38. The van der Waals surface area contributed by atoms with Gasteiger partial charge in [-0.3, -0.25) is 9.89 Å². The number of phenolic OH excluding ortho intramolecular Hbond substituents is 1. The molecule has 0 unspecified atom stereocenters. The number of allylic oxidation sites excluding steroid dienone is 3. The number of ketones is 1. The van der Waals surface area contributed by atoms with E-state index in [0.717, 1.165) is 47.0 Å². The van der Waals surface area contributed by atoms with E-state index in [-0.39, 0.29) is 23.5 Å². The zero-order valence-corrected chi connectivity index (χ0v) is 21.9. The van der Waals surface area contributed by atoms with Crippen molar-refractivity contribution in [1.82, 2.24) is 15.5 Å². The Kier molecular flexibility index (Phi) is 5.92. The van der Waals surface area contributed by atoms with Crippen molar-refractivity contribution in [3.05, 3.63) is 71.1 Å². The van der Waals surface area contributed by atoms with Gasteiger partial charge < -0.3 is 15.2 Å². The van der Waals surface area contributed by atoms with Crippen molar-refractivity contribution in [2.45, 2.75) is 38.6 Å². The van der Waals surface area contributed by atoms with E-state index in [1.807, 2.05) is 31.2 Å². The molecule has 4 aliphatic heterocycles. The summed E-state index contributed by atoms with van der Waals surface area (Å²) in [4.78, 5) is 26.7. The molecule has 0 spiro atoms. The summed E-state index contributed by atoms with van der Waals surface area (Å²) in [7, 11) is 0. The van der Waals surface area contributed by atoms with Crippen LogP contribution in [0.4, 0.5) is 4.39 Å². The maximum absolute atomic E-state index is 14.2. The molecule has 2 atom stereocenters. The number of aliphatic imine (C=N–C) groups is 3. The van der Waals surface area contributed by atoms with Crippen LogP contribution in [0.3, 0.4) is 0 Å². The van der Waals surface area contributed by atoms with Crippen LogP contribution in [0, 0.1) is 11.7 Å². The molecular weight excluding hydrogens is 511 g/mol. The SMILES string of the molecule is CCc1cc(O)c(F)cc1-c1ccc2c(C3=NC4=CN=C(C5=CC[C@H](C(=O)[C@@H]6CCCN6)CO5)C4=N3)n[nH]c2c1.